The minimum absolute atomic E-state index is 0.279. The number of sulfonamides is 1. The molecule has 2 aromatic carbocycles. The van der Waals surface area contributed by atoms with Gasteiger partial charge in [-0.15, -0.1) is 11.8 Å². The van der Waals surface area contributed by atoms with Gasteiger partial charge in [0.15, 0.2) is 0 Å². The number of nitrogens with one attached hydrogen (secondary N) is 1. The second-order valence-electron chi connectivity index (χ2n) is 6.77. The van der Waals surface area contributed by atoms with E-state index in [0.717, 1.165) is 16.7 Å². The number of anilines is 1. The predicted octanol–water partition coefficient (Wildman–Crippen LogP) is 3.76. The molecular formula is C21H28N2O3S2. The average Bonchev–Trinajstić information content (AvgIpc) is 2.63. The van der Waals surface area contributed by atoms with Crippen LogP contribution in [-0.2, 0) is 14.8 Å². The molecule has 152 valence electrons. The van der Waals surface area contributed by atoms with E-state index in [0.29, 0.717) is 24.4 Å². The number of carbonyl (C=O) groups is 1. The molecule has 0 saturated heterocycles. The molecule has 0 radical (unpaired) electrons. The van der Waals surface area contributed by atoms with E-state index in [9.17, 15) is 13.2 Å². The Kier molecular flexibility index (Phi) is 7.95. The second-order valence-corrected chi connectivity index (χ2v) is 9.80. The molecule has 0 saturated carbocycles. The number of hydrogen-bond acceptors (Lipinski definition) is 4. The van der Waals surface area contributed by atoms with Gasteiger partial charge >= 0.3 is 0 Å². The molecule has 0 unspecified atom stereocenters. The van der Waals surface area contributed by atoms with Crippen LogP contribution in [0.1, 0.15) is 24.5 Å². The van der Waals surface area contributed by atoms with Crippen molar-refractivity contribution in [2.45, 2.75) is 38.1 Å². The summed E-state index contributed by atoms with van der Waals surface area (Å²) >= 11 is 1.66. The fourth-order valence-corrected chi connectivity index (χ4v) is 4.89. The van der Waals surface area contributed by atoms with Gasteiger partial charge in [-0.05, 0) is 50.1 Å². The lowest BCUT2D eigenvalue weighted by Crippen LogP contribution is -2.49. The molecular weight excluding hydrogens is 392 g/mol. The summed E-state index contributed by atoms with van der Waals surface area (Å²) in [6.07, 6.45) is 1.52. The van der Waals surface area contributed by atoms with Crippen molar-refractivity contribution < 1.29 is 13.2 Å². The zero-order valence-electron chi connectivity index (χ0n) is 16.8. The van der Waals surface area contributed by atoms with E-state index in [1.165, 1.54) is 9.87 Å². The van der Waals surface area contributed by atoms with Crippen molar-refractivity contribution in [3.8, 4) is 0 Å². The molecule has 2 aromatic rings. The van der Waals surface area contributed by atoms with Crippen molar-refractivity contribution in [2.75, 3.05) is 22.9 Å². The Labute approximate surface area is 172 Å². The number of aryl methyl sites for hydroxylation is 2. The summed E-state index contributed by atoms with van der Waals surface area (Å²) in [7, 11) is -3.60. The van der Waals surface area contributed by atoms with Crippen molar-refractivity contribution in [3.05, 3.63) is 59.7 Å². The molecule has 0 aliphatic heterocycles. The van der Waals surface area contributed by atoms with E-state index in [-0.39, 0.29) is 5.91 Å². The topological polar surface area (TPSA) is 66.5 Å². The lowest BCUT2D eigenvalue weighted by molar-refractivity contribution is -0.122. The fraction of sp³-hybridized carbons (Fsp3) is 0.381. The van der Waals surface area contributed by atoms with Crippen molar-refractivity contribution in [1.29, 1.82) is 0 Å². The van der Waals surface area contributed by atoms with E-state index in [4.69, 9.17) is 0 Å². The first-order valence-electron chi connectivity index (χ1n) is 9.25. The van der Waals surface area contributed by atoms with Crippen LogP contribution in [0.3, 0.4) is 0 Å². The Balaban J connectivity index is 2.04. The maximum Gasteiger partial charge on any atom is 0.243 e. The van der Waals surface area contributed by atoms with Gasteiger partial charge in [0.05, 0.1) is 11.9 Å². The summed E-state index contributed by atoms with van der Waals surface area (Å²) in [4.78, 5) is 13.9. The summed E-state index contributed by atoms with van der Waals surface area (Å²) in [5, 5.41) is 2.89. The van der Waals surface area contributed by atoms with Gasteiger partial charge in [0.1, 0.15) is 6.04 Å². The van der Waals surface area contributed by atoms with E-state index in [2.05, 4.69) is 29.6 Å². The van der Waals surface area contributed by atoms with Gasteiger partial charge in [0.25, 0.3) is 0 Å². The summed E-state index contributed by atoms with van der Waals surface area (Å²) in [5.74, 6) is 0.438. The van der Waals surface area contributed by atoms with Crippen molar-refractivity contribution >= 4 is 33.4 Å². The molecule has 1 amide bonds. The number of thioether (sulfide) groups is 1. The molecule has 7 heteroatoms. The highest BCUT2D eigenvalue weighted by Crippen LogP contribution is 2.23. The van der Waals surface area contributed by atoms with Crippen LogP contribution in [0.4, 0.5) is 5.69 Å². The van der Waals surface area contributed by atoms with Crippen LogP contribution in [0.2, 0.25) is 0 Å². The van der Waals surface area contributed by atoms with Gasteiger partial charge in [-0.2, -0.15) is 0 Å². The van der Waals surface area contributed by atoms with Gasteiger partial charge in [0.2, 0.25) is 15.9 Å². The molecule has 28 heavy (non-hydrogen) atoms. The van der Waals surface area contributed by atoms with Crippen molar-refractivity contribution in [1.82, 2.24) is 5.32 Å². The first-order chi connectivity index (χ1) is 13.2. The van der Waals surface area contributed by atoms with E-state index >= 15 is 0 Å². The monoisotopic (exact) mass is 420 g/mol. The quantitative estimate of drug-likeness (QED) is 0.496. The fourth-order valence-electron chi connectivity index (χ4n) is 2.92. The van der Waals surface area contributed by atoms with E-state index in [1.54, 1.807) is 30.0 Å². The van der Waals surface area contributed by atoms with Crippen LogP contribution >= 0.6 is 11.8 Å². The molecule has 0 heterocycles. The average molecular weight is 421 g/mol. The number of carbonyl (C=O) groups excluding carboxylic acids is 1. The van der Waals surface area contributed by atoms with Gasteiger partial charge in [-0.3, -0.25) is 9.10 Å². The van der Waals surface area contributed by atoms with Crippen LogP contribution in [0, 0.1) is 13.8 Å². The standard InChI is InChI=1S/C21H28N2O3S2/c1-5-20(23(28(4,25)26)18-8-6-7-17(3)15-18)21(24)22-13-14-27-19-11-9-16(2)10-12-19/h6-12,15,20H,5,13-14H2,1-4H3,(H,22,24)/t20-/m1/s1. The zero-order chi connectivity index (χ0) is 20.7. The zero-order valence-corrected chi connectivity index (χ0v) is 18.4. The van der Waals surface area contributed by atoms with E-state index in [1.807, 2.05) is 26.8 Å². The Morgan fingerprint density at radius 3 is 2.36 bits per heavy atom. The van der Waals surface area contributed by atoms with Crippen molar-refractivity contribution in [3.63, 3.8) is 0 Å². The molecule has 2 rings (SSSR count). The molecule has 5 nitrogen and oxygen atoms in total. The predicted molar refractivity (Wildman–Crippen MR) is 117 cm³/mol. The molecule has 0 fully saturated rings. The molecule has 1 N–H and O–H groups in total. The molecule has 0 aromatic heterocycles. The highest BCUT2D eigenvalue weighted by Gasteiger charge is 2.31. The summed E-state index contributed by atoms with van der Waals surface area (Å²) in [6.45, 7) is 6.23. The minimum atomic E-state index is -3.60. The SMILES string of the molecule is CC[C@H](C(=O)NCCSc1ccc(C)cc1)N(c1cccc(C)c1)S(C)(=O)=O. The van der Waals surface area contributed by atoms with Crippen LogP contribution in [0.15, 0.2) is 53.4 Å². The number of hydrogen-bond donors (Lipinski definition) is 1. The highest BCUT2D eigenvalue weighted by atomic mass is 32.2. The first kappa shape index (κ1) is 22.3. The number of rotatable bonds is 9. The van der Waals surface area contributed by atoms with Gasteiger partial charge in [0, 0.05) is 17.2 Å². The first-order valence-corrected chi connectivity index (χ1v) is 12.1. The van der Waals surface area contributed by atoms with Crippen LogP contribution in [0.25, 0.3) is 0 Å². The maximum atomic E-state index is 12.8. The molecule has 1 atom stereocenters. The highest BCUT2D eigenvalue weighted by molar-refractivity contribution is 7.99. The number of amides is 1. The Hall–Kier alpha value is -1.99. The molecule has 0 spiro atoms. The third kappa shape index (κ3) is 6.27. The number of nitrogens with zero attached hydrogens (tertiary/aromatic N) is 1. The molecule has 0 aliphatic rings. The normalized spacial score (nSPS) is 12.4. The smallest absolute Gasteiger partial charge is 0.243 e. The third-order valence-electron chi connectivity index (χ3n) is 4.28. The summed E-state index contributed by atoms with van der Waals surface area (Å²) in [6, 6.07) is 14.6. The lowest BCUT2D eigenvalue weighted by Gasteiger charge is -2.30. The van der Waals surface area contributed by atoms with Crippen LogP contribution < -0.4 is 9.62 Å². The number of benzene rings is 2. The van der Waals surface area contributed by atoms with Crippen molar-refractivity contribution in [2.24, 2.45) is 0 Å². The minimum Gasteiger partial charge on any atom is -0.353 e. The lowest BCUT2D eigenvalue weighted by atomic mass is 10.1. The van der Waals surface area contributed by atoms with Crippen LogP contribution in [-0.4, -0.2) is 38.9 Å². The maximum absolute atomic E-state index is 12.8. The summed E-state index contributed by atoms with van der Waals surface area (Å²) < 4.78 is 26.1. The Bertz CT molecular complexity index is 896. The Morgan fingerprint density at radius 2 is 1.79 bits per heavy atom. The largest absolute Gasteiger partial charge is 0.353 e. The molecule has 0 bridgehead atoms. The Morgan fingerprint density at radius 1 is 1.11 bits per heavy atom. The molecule has 0 aliphatic carbocycles. The van der Waals surface area contributed by atoms with Gasteiger partial charge < -0.3 is 5.32 Å². The second kappa shape index (κ2) is 9.98. The van der Waals surface area contributed by atoms with Crippen LogP contribution in [0.5, 0.6) is 0 Å². The van der Waals surface area contributed by atoms with Gasteiger partial charge in [-0.1, -0.05) is 36.8 Å². The summed E-state index contributed by atoms with van der Waals surface area (Å²) in [5.41, 5.74) is 2.66. The van der Waals surface area contributed by atoms with E-state index < -0.39 is 16.1 Å². The third-order valence-corrected chi connectivity index (χ3v) is 6.47. The van der Waals surface area contributed by atoms with Gasteiger partial charge in [-0.25, -0.2) is 8.42 Å².